The van der Waals surface area contributed by atoms with Crippen molar-refractivity contribution in [2.24, 2.45) is 5.18 Å². The van der Waals surface area contributed by atoms with E-state index in [1.807, 2.05) is 35.2 Å². The van der Waals surface area contributed by atoms with E-state index in [4.69, 9.17) is 0 Å². The molecule has 0 aliphatic carbocycles. The molecule has 0 spiro atoms. The van der Waals surface area contributed by atoms with Crippen molar-refractivity contribution in [1.29, 1.82) is 0 Å². The van der Waals surface area contributed by atoms with Gasteiger partial charge in [-0.2, -0.15) is 0 Å². The van der Waals surface area contributed by atoms with Crippen molar-refractivity contribution in [2.75, 3.05) is 13.1 Å². The van der Waals surface area contributed by atoms with Crippen molar-refractivity contribution in [3.63, 3.8) is 0 Å². The van der Waals surface area contributed by atoms with Crippen molar-refractivity contribution in [3.05, 3.63) is 53.3 Å². The molecular weight excluding hydrogens is 280 g/mol. The van der Waals surface area contributed by atoms with Crippen LogP contribution in [0.4, 0.5) is 5.82 Å². The summed E-state index contributed by atoms with van der Waals surface area (Å²) in [6.07, 6.45) is 5.66. The van der Waals surface area contributed by atoms with Crippen LogP contribution in [0.3, 0.4) is 0 Å². The number of carbonyl (C=O) groups is 1. The van der Waals surface area contributed by atoms with Crippen molar-refractivity contribution < 1.29 is 4.79 Å². The van der Waals surface area contributed by atoms with Crippen LogP contribution < -0.4 is 0 Å². The highest BCUT2D eigenvalue weighted by atomic mass is 16.3. The molecule has 1 atom stereocenters. The molecule has 1 aromatic heterocycles. The summed E-state index contributed by atoms with van der Waals surface area (Å²) in [5.74, 6) is 0.273. The van der Waals surface area contributed by atoms with Crippen LogP contribution in [0.1, 0.15) is 30.9 Å². The normalized spacial score (nSPS) is 15.7. The molecule has 1 aliphatic heterocycles. The number of hydrogen-bond acceptors (Lipinski definition) is 4. The van der Waals surface area contributed by atoms with Gasteiger partial charge in [0.25, 0.3) is 0 Å². The lowest BCUT2D eigenvalue weighted by Crippen LogP contribution is -2.30. The van der Waals surface area contributed by atoms with Crippen molar-refractivity contribution in [2.45, 2.75) is 25.3 Å². The van der Waals surface area contributed by atoms with E-state index in [9.17, 15) is 9.70 Å². The van der Waals surface area contributed by atoms with Crippen LogP contribution in [0.15, 0.2) is 48.0 Å². The molecule has 6 heteroatoms. The monoisotopic (exact) mass is 298 g/mol. The van der Waals surface area contributed by atoms with Gasteiger partial charge < -0.3 is 9.47 Å². The second-order valence-electron chi connectivity index (χ2n) is 5.49. The summed E-state index contributed by atoms with van der Waals surface area (Å²) in [6.45, 7) is 1.68. The Morgan fingerprint density at radius 3 is 2.59 bits per heavy atom. The quantitative estimate of drug-likeness (QED) is 0.797. The smallest absolute Gasteiger partial charge is 0.225 e. The highest BCUT2D eigenvalue weighted by Gasteiger charge is 2.24. The van der Waals surface area contributed by atoms with E-state index in [1.165, 1.54) is 0 Å². The lowest BCUT2D eigenvalue weighted by molar-refractivity contribution is -0.130. The Balaban J connectivity index is 1.85. The molecule has 2 aromatic rings. The van der Waals surface area contributed by atoms with Crippen LogP contribution >= 0.6 is 0 Å². The number of benzene rings is 1. The lowest BCUT2D eigenvalue weighted by atomic mass is 10.0. The fourth-order valence-corrected chi connectivity index (χ4v) is 2.88. The fraction of sp³-hybridized carbons (Fsp3) is 0.375. The highest BCUT2D eigenvalue weighted by molar-refractivity contribution is 5.77. The molecule has 22 heavy (non-hydrogen) atoms. The molecule has 114 valence electrons. The average molecular weight is 298 g/mol. The number of likely N-dealkylation sites (tertiary alicyclic amines) is 1. The van der Waals surface area contributed by atoms with Gasteiger partial charge in [0.05, 0.1) is 25.0 Å². The molecule has 1 aliphatic rings. The van der Waals surface area contributed by atoms with Crippen LogP contribution in [0, 0.1) is 4.91 Å². The molecule has 1 fully saturated rings. The Labute approximate surface area is 128 Å². The van der Waals surface area contributed by atoms with Crippen LogP contribution in [0.5, 0.6) is 0 Å². The first-order chi connectivity index (χ1) is 10.8. The number of amides is 1. The van der Waals surface area contributed by atoms with Gasteiger partial charge in [-0.3, -0.25) is 4.79 Å². The molecule has 0 saturated carbocycles. The maximum atomic E-state index is 12.5. The number of nitrogens with zero attached hydrogens (tertiary/aromatic N) is 4. The second-order valence-corrected chi connectivity index (χ2v) is 5.49. The average Bonchev–Trinajstić information content (AvgIpc) is 3.24. The van der Waals surface area contributed by atoms with Gasteiger partial charge in [-0.25, -0.2) is 4.98 Å². The third-order valence-corrected chi connectivity index (χ3v) is 4.05. The van der Waals surface area contributed by atoms with Crippen molar-refractivity contribution in [1.82, 2.24) is 14.5 Å². The van der Waals surface area contributed by atoms with E-state index in [2.05, 4.69) is 10.2 Å². The summed E-state index contributed by atoms with van der Waals surface area (Å²) >= 11 is 0. The number of imidazole rings is 1. The predicted molar refractivity (Wildman–Crippen MR) is 82.7 cm³/mol. The van der Waals surface area contributed by atoms with E-state index >= 15 is 0 Å². The molecule has 2 heterocycles. The van der Waals surface area contributed by atoms with E-state index in [0.717, 1.165) is 31.5 Å². The van der Waals surface area contributed by atoms with Crippen LogP contribution in [-0.4, -0.2) is 33.4 Å². The number of aromatic nitrogens is 2. The Bertz CT molecular complexity index is 647. The Morgan fingerprint density at radius 2 is 1.95 bits per heavy atom. The molecule has 6 nitrogen and oxygen atoms in total. The van der Waals surface area contributed by atoms with E-state index in [1.54, 1.807) is 17.1 Å². The highest BCUT2D eigenvalue weighted by Crippen LogP contribution is 2.25. The molecule has 0 bridgehead atoms. The Morgan fingerprint density at radius 1 is 1.23 bits per heavy atom. The third-order valence-electron chi connectivity index (χ3n) is 4.05. The molecule has 1 aromatic carbocycles. The predicted octanol–water partition coefficient (Wildman–Crippen LogP) is 2.88. The lowest BCUT2D eigenvalue weighted by Gasteiger charge is -2.22. The van der Waals surface area contributed by atoms with Gasteiger partial charge in [0, 0.05) is 13.1 Å². The van der Waals surface area contributed by atoms with Gasteiger partial charge in [0.2, 0.25) is 11.7 Å². The number of rotatable bonds is 5. The van der Waals surface area contributed by atoms with Gasteiger partial charge in [-0.15, -0.1) is 4.91 Å². The third kappa shape index (κ3) is 3.05. The number of nitroso groups, excluding NO2 is 1. The van der Waals surface area contributed by atoms with Crippen molar-refractivity contribution >= 4 is 11.7 Å². The van der Waals surface area contributed by atoms with Crippen molar-refractivity contribution in [3.8, 4) is 0 Å². The molecule has 0 radical (unpaired) electrons. The molecule has 1 amide bonds. The topological polar surface area (TPSA) is 67.6 Å². The molecule has 1 saturated heterocycles. The zero-order chi connectivity index (χ0) is 15.4. The molecule has 0 N–H and O–H groups in total. The number of hydrogen-bond donors (Lipinski definition) is 0. The fourth-order valence-electron chi connectivity index (χ4n) is 2.88. The maximum Gasteiger partial charge on any atom is 0.225 e. The van der Waals surface area contributed by atoms with Gasteiger partial charge in [-0.05, 0) is 23.6 Å². The maximum absolute atomic E-state index is 12.5. The van der Waals surface area contributed by atoms with E-state index < -0.39 is 0 Å². The molecular formula is C16H18N4O2. The standard InChI is InChI=1S/C16H18N4O2/c21-16(19-8-4-5-9-19)10-14(13-6-2-1-3-7-13)20-11-15(18-22)17-12-20/h1-3,6-7,11-12,14H,4-5,8-10H2. The summed E-state index contributed by atoms with van der Waals surface area (Å²) in [5.41, 5.74) is 1.02. The molecule has 3 rings (SSSR count). The van der Waals surface area contributed by atoms with Gasteiger partial charge >= 0.3 is 0 Å². The zero-order valence-electron chi connectivity index (χ0n) is 12.3. The first-order valence-electron chi connectivity index (χ1n) is 7.47. The number of carbonyl (C=O) groups excluding carboxylic acids is 1. The Hall–Kier alpha value is -2.50. The van der Waals surface area contributed by atoms with Crippen LogP contribution in [0.25, 0.3) is 0 Å². The molecule has 1 unspecified atom stereocenters. The minimum absolute atomic E-state index is 0.134. The minimum Gasteiger partial charge on any atom is -0.343 e. The van der Waals surface area contributed by atoms with Crippen LogP contribution in [0.2, 0.25) is 0 Å². The summed E-state index contributed by atoms with van der Waals surface area (Å²) < 4.78 is 1.79. The first-order valence-corrected chi connectivity index (χ1v) is 7.47. The Kier molecular flexibility index (Phi) is 4.27. The first kappa shape index (κ1) is 14.4. The van der Waals surface area contributed by atoms with Gasteiger partial charge in [0.15, 0.2) is 0 Å². The van der Waals surface area contributed by atoms with E-state index in [0.29, 0.717) is 6.42 Å². The summed E-state index contributed by atoms with van der Waals surface area (Å²) in [5, 5.41) is 2.85. The summed E-state index contributed by atoms with van der Waals surface area (Å²) in [7, 11) is 0. The van der Waals surface area contributed by atoms with Gasteiger partial charge in [-0.1, -0.05) is 30.3 Å². The SMILES string of the molecule is O=Nc1cn(C(CC(=O)N2CCCC2)c2ccccc2)cn1. The summed E-state index contributed by atoms with van der Waals surface area (Å²) in [6, 6.07) is 9.62. The zero-order valence-corrected chi connectivity index (χ0v) is 12.3. The van der Waals surface area contributed by atoms with Gasteiger partial charge in [0.1, 0.15) is 0 Å². The largest absolute Gasteiger partial charge is 0.343 e. The minimum atomic E-state index is -0.169. The van der Waals surface area contributed by atoms with E-state index in [-0.39, 0.29) is 17.8 Å². The second kappa shape index (κ2) is 6.51. The van der Waals surface area contributed by atoms with Crippen LogP contribution in [-0.2, 0) is 4.79 Å². The summed E-state index contributed by atoms with van der Waals surface area (Å²) in [4.78, 5) is 28.9.